The molecule has 2 rings (SSSR count). The fourth-order valence-electron chi connectivity index (χ4n) is 1.85. The highest BCUT2D eigenvalue weighted by molar-refractivity contribution is 7.19. The fraction of sp³-hybridized carbons (Fsp3) is 0.786. The summed E-state index contributed by atoms with van der Waals surface area (Å²) in [6.45, 7) is 9.58. The molecule has 105 valence electrons. The van der Waals surface area contributed by atoms with Gasteiger partial charge in [0, 0.05) is 24.1 Å². The predicted molar refractivity (Wildman–Crippen MR) is 83.9 cm³/mol. The summed E-state index contributed by atoms with van der Waals surface area (Å²) >= 11 is 0. The normalized spacial score (nSPS) is 17.3. The largest absolute Gasteiger partial charge is 0.429 e. The summed E-state index contributed by atoms with van der Waals surface area (Å²) < 4.78 is 7.98. The Kier molecular flexibility index (Phi) is 4.42. The number of rotatable bonds is 6. The highest BCUT2D eigenvalue weighted by Crippen LogP contribution is 2.33. The summed E-state index contributed by atoms with van der Waals surface area (Å²) in [5, 5.41) is 4.42. The molecule has 0 amide bonds. The van der Waals surface area contributed by atoms with Gasteiger partial charge in [-0.1, -0.05) is 20.3 Å². The molecule has 0 spiro atoms. The van der Waals surface area contributed by atoms with Crippen molar-refractivity contribution >= 4 is 22.2 Å². The van der Waals surface area contributed by atoms with Gasteiger partial charge in [-0.3, -0.25) is 4.68 Å². The Morgan fingerprint density at radius 3 is 2.63 bits per heavy atom. The molecule has 1 aliphatic carbocycles. The number of hydrogen-bond acceptors (Lipinski definition) is 2. The number of hydrogen-bond donors (Lipinski definition) is 0. The van der Waals surface area contributed by atoms with Crippen LogP contribution in [-0.4, -0.2) is 28.0 Å². The van der Waals surface area contributed by atoms with E-state index in [-0.39, 0.29) is 10.8 Å². The van der Waals surface area contributed by atoms with Gasteiger partial charge in [0.2, 0.25) is 0 Å². The van der Waals surface area contributed by atoms with Crippen molar-refractivity contribution in [2.45, 2.75) is 64.3 Å². The highest BCUT2D eigenvalue weighted by Gasteiger charge is 2.33. The molecular weight excluding hydrogens is 254 g/mol. The van der Waals surface area contributed by atoms with Crippen LogP contribution >= 0.6 is 9.24 Å². The molecule has 1 fully saturated rings. The van der Waals surface area contributed by atoms with Crippen LogP contribution in [0.2, 0.25) is 0 Å². The first-order chi connectivity index (χ1) is 8.78. The Hall–Kier alpha value is -0.335. The van der Waals surface area contributed by atoms with Gasteiger partial charge >= 0.3 is 7.48 Å². The van der Waals surface area contributed by atoms with E-state index in [1.54, 1.807) is 0 Å². The van der Waals surface area contributed by atoms with Crippen molar-refractivity contribution in [2.24, 2.45) is 5.92 Å². The van der Waals surface area contributed by atoms with Crippen molar-refractivity contribution < 1.29 is 4.65 Å². The smallest absolute Gasteiger partial charge is 0.334 e. The van der Waals surface area contributed by atoms with Crippen molar-refractivity contribution in [1.82, 2.24) is 9.78 Å². The summed E-state index contributed by atoms with van der Waals surface area (Å²) in [7, 11) is 4.68. The molecule has 19 heavy (non-hydrogen) atoms. The molecule has 1 heterocycles. The predicted octanol–water partition coefficient (Wildman–Crippen LogP) is 2.38. The van der Waals surface area contributed by atoms with Crippen molar-refractivity contribution in [3.05, 3.63) is 12.4 Å². The molecule has 5 heteroatoms. The standard InChI is InChI=1S/C14H25BN2OP/c1-13(2,14(3,4)19)18-15-12-8-16-17(10-12)9-11-6-5-7-11/h8,10-11H,5-7,9,19H2,1-4H3. The minimum Gasteiger partial charge on any atom is -0.429 e. The van der Waals surface area contributed by atoms with E-state index in [0.717, 1.165) is 17.9 Å². The Labute approximate surface area is 120 Å². The Balaban J connectivity index is 1.86. The number of aromatic nitrogens is 2. The average molecular weight is 279 g/mol. The molecule has 0 bridgehead atoms. The third-order valence-corrected chi connectivity index (χ3v) is 5.06. The Morgan fingerprint density at radius 1 is 1.42 bits per heavy atom. The van der Waals surface area contributed by atoms with Crippen LogP contribution < -0.4 is 5.46 Å². The monoisotopic (exact) mass is 279 g/mol. The van der Waals surface area contributed by atoms with Crippen LogP contribution in [-0.2, 0) is 11.2 Å². The lowest BCUT2D eigenvalue weighted by Crippen LogP contribution is -2.45. The lowest BCUT2D eigenvalue weighted by Gasteiger charge is -2.38. The van der Waals surface area contributed by atoms with Crippen molar-refractivity contribution in [3.8, 4) is 0 Å². The van der Waals surface area contributed by atoms with E-state index < -0.39 is 0 Å². The van der Waals surface area contributed by atoms with Crippen LogP contribution in [0, 0.1) is 5.92 Å². The second-order valence-corrected chi connectivity index (χ2v) is 8.20. The lowest BCUT2D eigenvalue weighted by molar-refractivity contribution is 0.0841. The van der Waals surface area contributed by atoms with Gasteiger partial charge in [-0.15, -0.1) is 9.24 Å². The third kappa shape index (κ3) is 3.82. The molecule has 1 saturated carbocycles. The van der Waals surface area contributed by atoms with Gasteiger partial charge in [-0.2, -0.15) is 5.10 Å². The van der Waals surface area contributed by atoms with Gasteiger partial charge in [-0.25, -0.2) is 0 Å². The zero-order chi connectivity index (χ0) is 14.1. The van der Waals surface area contributed by atoms with Crippen LogP contribution in [0.15, 0.2) is 12.4 Å². The van der Waals surface area contributed by atoms with Gasteiger partial charge in [0.15, 0.2) is 0 Å². The average Bonchev–Trinajstić information content (AvgIpc) is 2.67. The van der Waals surface area contributed by atoms with E-state index in [2.05, 4.69) is 48.2 Å². The SMILES string of the molecule is CC(C)(P)C(C)(C)O[B]c1cnn(CC2CCC2)c1. The van der Waals surface area contributed by atoms with E-state index in [4.69, 9.17) is 4.65 Å². The van der Waals surface area contributed by atoms with E-state index in [1.807, 2.05) is 18.4 Å². The molecule has 1 unspecified atom stereocenters. The van der Waals surface area contributed by atoms with Gasteiger partial charge in [0.05, 0.1) is 5.60 Å². The third-order valence-electron chi connectivity index (χ3n) is 4.36. The molecule has 1 aliphatic rings. The summed E-state index contributed by atoms with van der Waals surface area (Å²) in [6.07, 6.45) is 8.04. The van der Waals surface area contributed by atoms with Gasteiger partial charge in [0.25, 0.3) is 0 Å². The van der Waals surface area contributed by atoms with Crippen LogP contribution in [0.5, 0.6) is 0 Å². The molecule has 0 aliphatic heterocycles. The van der Waals surface area contributed by atoms with E-state index in [9.17, 15) is 0 Å². The van der Waals surface area contributed by atoms with Crippen molar-refractivity contribution in [3.63, 3.8) is 0 Å². The zero-order valence-electron chi connectivity index (χ0n) is 12.5. The van der Waals surface area contributed by atoms with Gasteiger partial charge < -0.3 is 4.65 Å². The molecule has 1 aromatic heterocycles. The first-order valence-electron chi connectivity index (χ1n) is 7.10. The van der Waals surface area contributed by atoms with E-state index in [1.165, 1.54) is 19.3 Å². The molecule has 0 saturated heterocycles. The maximum absolute atomic E-state index is 5.94. The maximum Gasteiger partial charge on any atom is 0.334 e. The van der Waals surface area contributed by atoms with Crippen LogP contribution in [0.1, 0.15) is 47.0 Å². The van der Waals surface area contributed by atoms with Gasteiger partial charge in [-0.05, 0) is 38.1 Å². The lowest BCUT2D eigenvalue weighted by atomic mass is 9.85. The maximum atomic E-state index is 5.94. The first-order valence-corrected chi connectivity index (χ1v) is 7.68. The molecular formula is C14H25BN2OP. The highest BCUT2D eigenvalue weighted by atomic mass is 31.0. The molecule has 0 N–H and O–H groups in total. The molecule has 1 radical (unpaired) electrons. The fourth-order valence-corrected chi connectivity index (χ4v) is 1.92. The van der Waals surface area contributed by atoms with Crippen LogP contribution in [0.25, 0.3) is 0 Å². The minimum absolute atomic E-state index is 0.0193. The summed E-state index contributed by atoms with van der Waals surface area (Å²) in [6, 6.07) is 0. The van der Waals surface area contributed by atoms with Gasteiger partial charge in [0.1, 0.15) is 0 Å². The van der Waals surface area contributed by atoms with Crippen molar-refractivity contribution in [1.29, 1.82) is 0 Å². The second kappa shape index (κ2) is 5.57. The molecule has 1 aromatic rings. The van der Waals surface area contributed by atoms with Crippen LogP contribution in [0.3, 0.4) is 0 Å². The molecule has 0 aromatic carbocycles. The zero-order valence-corrected chi connectivity index (χ0v) is 13.7. The Bertz CT molecular complexity index is 421. The second-order valence-electron chi connectivity index (χ2n) is 6.76. The number of nitrogens with zero attached hydrogens (tertiary/aromatic N) is 2. The van der Waals surface area contributed by atoms with E-state index in [0.29, 0.717) is 0 Å². The van der Waals surface area contributed by atoms with Crippen LogP contribution in [0.4, 0.5) is 0 Å². The Morgan fingerprint density at radius 2 is 2.11 bits per heavy atom. The van der Waals surface area contributed by atoms with Crippen molar-refractivity contribution in [2.75, 3.05) is 0 Å². The quantitative estimate of drug-likeness (QED) is 0.590. The summed E-state index contributed by atoms with van der Waals surface area (Å²) in [4.78, 5) is 0. The summed E-state index contributed by atoms with van der Waals surface area (Å²) in [5.74, 6) is 0.830. The van der Waals surface area contributed by atoms with E-state index >= 15 is 0 Å². The topological polar surface area (TPSA) is 27.1 Å². The minimum atomic E-state index is -0.228. The first kappa shape index (κ1) is 15.1. The molecule has 3 nitrogen and oxygen atoms in total. The molecule has 1 atom stereocenters. The summed E-state index contributed by atoms with van der Waals surface area (Å²) in [5.41, 5.74) is 0.815.